The van der Waals surface area contributed by atoms with Gasteiger partial charge in [-0.2, -0.15) is 0 Å². The van der Waals surface area contributed by atoms with Crippen molar-refractivity contribution in [1.82, 2.24) is 0 Å². The Morgan fingerprint density at radius 1 is 0.951 bits per heavy atom. The third-order valence-corrected chi connectivity index (χ3v) is 8.65. The molecule has 0 saturated carbocycles. The van der Waals surface area contributed by atoms with Crippen molar-refractivity contribution in [1.29, 1.82) is 0 Å². The lowest BCUT2D eigenvalue weighted by Gasteiger charge is -2.42. The molecule has 2 aromatic carbocycles. The molecule has 0 unspecified atom stereocenters. The van der Waals surface area contributed by atoms with Crippen LogP contribution in [-0.2, 0) is 19.1 Å². The predicted molar refractivity (Wildman–Crippen MR) is 165 cm³/mol. The van der Waals surface area contributed by atoms with Crippen LogP contribution in [0.4, 0.5) is 5.69 Å². The molecule has 1 aliphatic heterocycles. The Hall–Kier alpha value is -3.14. The van der Waals surface area contributed by atoms with Crippen LogP contribution in [0.15, 0.2) is 59.1 Å². The van der Waals surface area contributed by atoms with Crippen molar-refractivity contribution >= 4 is 45.8 Å². The average molecular weight is 670 g/mol. The number of Topliss-reactive ketones (excluding diaryl/α,β-unsaturated/α-hetero) is 2. The average Bonchev–Trinajstić information content (AvgIpc) is 2.86. The summed E-state index contributed by atoms with van der Waals surface area (Å²) in [6.07, 6.45) is 2.03. The third-order valence-electron chi connectivity index (χ3n) is 7.85. The van der Waals surface area contributed by atoms with Gasteiger partial charge in [0.25, 0.3) is 5.91 Å². The highest BCUT2D eigenvalue weighted by Gasteiger charge is 2.48. The fourth-order valence-electron chi connectivity index (χ4n) is 6.03. The first-order chi connectivity index (χ1) is 19.3. The van der Waals surface area contributed by atoms with E-state index in [2.05, 4.69) is 55.6 Å². The Labute approximate surface area is 254 Å². The van der Waals surface area contributed by atoms with E-state index in [1.165, 1.54) is 7.11 Å². The number of ketones is 2. The van der Waals surface area contributed by atoms with E-state index >= 15 is 0 Å². The summed E-state index contributed by atoms with van der Waals surface area (Å²) in [4.78, 5) is 39.8. The molecule has 41 heavy (non-hydrogen) atoms. The number of benzene rings is 2. The van der Waals surface area contributed by atoms with E-state index in [1.54, 1.807) is 0 Å². The molecule has 0 spiro atoms. The number of amides is 1. The Bertz CT molecular complexity index is 1450. The largest absolute Gasteiger partial charge is 0.493 e. The lowest BCUT2D eigenvalue weighted by atomic mass is 9.65. The molecule has 2 aliphatic carbocycles. The Kier molecular flexibility index (Phi) is 7.82. The highest BCUT2D eigenvalue weighted by atomic mass is 127. The second-order valence-corrected chi connectivity index (χ2v) is 14.0. The van der Waals surface area contributed by atoms with Crippen molar-refractivity contribution in [3.05, 3.63) is 73.8 Å². The van der Waals surface area contributed by atoms with Gasteiger partial charge in [-0.1, -0.05) is 45.4 Å². The van der Waals surface area contributed by atoms with Crippen molar-refractivity contribution in [2.75, 3.05) is 19.0 Å². The molecule has 0 bridgehead atoms. The van der Waals surface area contributed by atoms with Crippen molar-refractivity contribution in [3.63, 3.8) is 0 Å². The minimum atomic E-state index is -0.540. The molecule has 0 saturated heterocycles. The van der Waals surface area contributed by atoms with Gasteiger partial charge in [-0.05, 0) is 70.2 Å². The molecule has 3 aliphatic rings. The lowest BCUT2D eigenvalue weighted by Crippen LogP contribution is -2.37. The zero-order valence-corrected chi connectivity index (χ0v) is 26.6. The molecule has 1 N–H and O–H groups in total. The van der Waals surface area contributed by atoms with Crippen molar-refractivity contribution < 1.29 is 28.6 Å². The third kappa shape index (κ3) is 6.08. The fraction of sp³-hybridized carbons (Fsp3) is 0.424. The van der Waals surface area contributed by atoms with E-state index in [-0.39, 0.29) is 34.9 Å². The topological polar surface area (TPSA) is 90.9 Å². The van der Waals surface area contributed by atoms with Crippen LogP contribution >= 0.6 is 22.6 Å². The van der Waals surface area contributed by atoms with Gasteiger partial charge in [-0.15, -0.1) is 0 Å². The van der Waals surface area contributed by atoms with Crippen LogP contribution in [-0.4, -0.2) is 31.2 Å². The number of halogens is 1. The second kappa shape index (κ2) is 10.9. The molecule has 0 atom stereocenters. The summed E-state index contributed by atoms with van der Waals surface area (Å²) in [5.74, 6) is 1.37. The van der Waals surface area contributed by atoms with E-state index in [4.69, 9.17) is 14.2 Å². The SMILES string of the molecule is COc1cc(C2C3=C(CC(C)(C)CC3=O)OC3=C2C(=O)CC(C)(C)C3)cc(I)c1OCC(=O)Nc1ccc(C)cc1. The van der Waals surface area contributed by atoms with Crippen LogP contribution in [0.3, 0.4) is 0 Å². The molecule has 5 rings (SSSR count). The summed E-state index contributed by atoms with van der Waals surface area (Å²) < 4.78 is 18.8. The van der Waals surface area contributed by atoms with Gasteiger partial charge in [0.15, 0.2) is 29.7 Å². The molecular formula is C33H36INO6. The Balaban J connectivity index is 1.50. The van der Waals surface area contributed by atoms with Crippen LogP contribution in [0.5, 0.6) is 11.5 Å². The van der Waals surface area contributed by atoms with Crippen LogP contribution < -0.4 is 14.8 Å². The number of rotatable bonds is 6. The van der Waals surface area contributed by atoms with Crippen LogP contribution in [0.1, 0.15) is 70.4 Å². The molecule has 8 heteroatoms. The minimum Gasteiger partial charge on any atom is -0.493 e. The molecule has 0 fully saturated rings. The standard InChI is InChI=1S/C33H36INO6/c1-18-7-9-20(10-8-18)35-27(38)17-40-31-21(34)11-19(12-24(31)39-6)28-29-22(36)13-32(2,3)15-25(29)41-26-16-33(4,5)14-23(37)30(26)28/h7-12,28H,13-17H2,1-6H3,(H,35,38). The second-order valence-electron chi connectivity index (χ2n) is 12.8. The zero-order valence-electron chi connectivity index (χ0n) is 24.4. The first-order valence-electron chi connectivity index (χ1n) is 13.8. The van der Waals surface area contributed by atoms with E-state index in [0.717, 1.165) is 11.1 Å². The molecule has 216 valence electrons. The van der Waals surface area contributed by atoms with E-state index in [0.29, 0.717) is 69.1 Å². The number of hydrogen-bond acceptors (Lipinski definition) is 6. The molecule has 7 nitrogen and oxygen atoms in total. The summed E-state index contributed by atoms with van der Waals surface area (Å²) in [5.41, 5.74) is 3.25. The van der Waals surface area contributed by atoms with E-state index in [1.807, 2.05) is 43.3 Å². The Morgan fingerprint density at radius 2 is 1.51 bits per heavy atom. The first-order valence-corrected chi connectivity index (χ1v) is 14.9. The van der Waals surface area contributed by atoms with Gasteiger partial charge in [0, 0.05) is 48.4 Å². The van der Waals surface area contributed by atoms with Gasteiger partial charge in [-0.25, -0.2) is 0 Å². The van der Waals surface area contributed by atoms with E-state index < -0.39 is 5.92 Å². The van der Waals surface area contributed by atoms with Crippen molar-refractivity contribution in [2.45, 2.75) is 66.2 Å². The molecular weight excluding hydrogens is 633 g/mol. The summed E-state index contributed by atoms with van der Waals surface area (Å²) >= 11 is 2.15. The normalized spacial score (nSPS) is 19.8. The van der Waals surface area contributed by atoms with Gasteiger partial charge in [0.05, 0.1) is 10.7 Å². The smallest absolute Gasteiger partial charge is 0.262 e. The predicted octanol–water partition coefficient (Wildman–Crippen LogP) is 7.03. The zero-order chi connectivity index (χ0) is 29.7. The number of allylic oxidation sites excluding steroid dienone is 4. The lowest BCUT2D eigenvalue weighted by molar-refractivity contribution is -0.120. The van der Waals surface area contributed by atoms with Crippen molar-refractivity contribution in [3.8, 4) is 11.5 Å². The van der Waals surface area contributed by atoms with Gasteiger partial charge in [0.1, 0.15) is 11.5 Å². The molecule has 0 aromatic heterocycles. The highest BCUT2D eigenvalue weighted by Crippen LogP contribution is 2.54. The number of anilines is 1. The summed E-state index contributed by atoms with van der Waals surface area (Å²) in [6, 6.07) is 11.3. The van der Waals surface area contributed by atoms with Crippen LogP contribution in [0.25, 0.3) is 0 Å². The number of aryl methyl sites for hydroxylation is 1. The molecule has 1 heterocycles. The van der Waals surface area contributed by atoms with Crippen LogP contribution in [0, 0.1) is 21.3 Å². The number of hydrogen-bond donors (Lipinski definition) is 1. The summed E-state index contributed by atoms with van der Waals surface area (Å²) in [7, 11) is 1.54. The molecule has 2 aromatic rings. The van der Waals surface area contributed by atoms with E-state index in [9.17, 15) is 14.4 Å². The monoisotopic (exact) mass is 669 g/mol. The maximum absolute atomic E-state index is 13.6. The number of methoxy groups -OCH3 is 1. The number of carbonyl (C=O) groups excluding carboxylic acids is 3. The van der Waals surface area contributed by atoms with Gasteiger partial charge in [0.2, 0.25) is 0 Å². The fourth-order valence-corrected chi connectivity index (χ4v) is 6.81. The minimum absolute atomic E-state index is 0.00696. The molecule has 0 radical (unpaired) electrons. The number of ether oxygens (including phenoxy) is 3. The number of carbonyl (C=O) groups is 3. The Morgan fingerprint density at radius 3 is 2.05 bits per heavy atom. The maximum atomic E-state index is 13.6. The first kappa shape index (κ1) is 29.4. The van der Waals surface area contributed by atoms with Gasteiger partial charge < -0.3 is 19.5 Å². The van der Waals surface area contributed by atoms with Gasteiger partial charge >= 0.3 is 0 Å². The highest BCUT2D eigenvalue weighted by molar-refractivity contribution is 14.1. The quantitative estimate of drug-likeness (QED) is 0.333. The summed E-state index contributed by atoms with van der Waals surface area (Å²) in [6.45, 7) is 10.1. The van der Waals surface area contributed by atoms with Crippen LogP contribution in [0.2, 0.25) is 0 Å². The van der Waals surface area contributed by atoms with Crippen molar-refractivity contribution in [2.24, 2.45) is 10.8 Å². The maximum Gasteiger partial charge on any atom is 0.262 e. The van der Waals surface area contributed by atoms with Gasteiger partial charge in [-0.3, -0.25) is 14.4 Å². The number of nitrogens with one attached hydrogen (secondary N) is 1. The molecule has 1 amide bonds. The summed E-state index contributed by atoms with van der Waals surface area (Å²) in [5, 5.41) is 2.84.